The lowest BCUT2D eigenvalue weighted by atomic mass is 10.4. The van der Waals surface area contributed by atoms with Crippen molar-refractivity contribution in [1.82, 2.24) is 0 Å². The molecule has 0 aromatic heterocycles. The first-order valence-corrected chi connectivity index (χ1v) is 3.84. The molecule has 0 saturated carbocycles. The third kappa shape index (κ3) is 5.65. The summed E-state index contributed by atoms with van der Waals surface area (Å²) in [6, 6.07) is 0. The lowest BCUT2D eigenvalue weighted by molar-refractivity contribution is -0.138. The van der Waals surface area contributed by atoms with E-state index in [1.165, 1.54) is 0 Å². The second-order valence-corrected chi connectivity index (χ2v) is 2.75. The van der Waals surface area contributed by atoms with Crippen molar-refractivity contribution in [1.29, 1.82) is 0 Å². The smallest absolute Gasteiger partial charge is 0.333 e. The molecule has 0 aliphatic heterocycles. The zero-order valence-electron chi connectivity index (χ0n) is 7.89. The maximum absolute atomic E-state index is 10.8. The normalized spacial score (nSPS) is 8.92. The summed E-state index contributed by atoms with van der Waals surface area (Å²) in [7, 11) is 0. The molecule has 0 aliphatic rings. The highest BCUT2D eigenvalue weighted by Crippen LogP contribution is 1.91. The van der Waals surface area contributed by atoms with Gasteiger partial charge < -0.3 is 4.74 Å². The van der Waals surface area contributed by atoms with Crippen molar-refractivity contribution in [2.75, 3.05) is 13.2 Å². The van der Waals surface area contributed by atoms with Crippen molar-refractivity contribution in [2.24, 2.45) is 4.99 Å². The highest BCUT2D eigenvalue weighted by Gasteiger charge is 2.00. The molecule has 0 bridgehead atoms. The zero-order valence-corrected chi connectivity index (χ0v) is 7.89. The van der Waals surface area contributed by atoms with Crippen LogP contribution in [0.5, 0.6) is 0 Å². The van der Waals surface area contributed by atoms with Crippen LogP contribution in [0.3, 0.4) is 0 Å². The van der Waals surface area contributed by atoms with Crippen LogP contribution in [0.2, 0.25) is 0 Å². The Bertz CT molecular complexity index is 203. The van der Waals surface area contributed by atoms with E-state index in [4.69, 9.17) is 4.74 Å². The van der Waals surface area contributed by atoms with E-state index < -0.39 is 0 Å². The number of carbonyl (C=O) groups is 1. The van der Waals surface area contributed by atoms with E-state index in [0.29, 0.717) is 18.7 Å². The van der Waals surface area contributed by atoms with Gasteiger partial charge in [0.1, 0.15) is 6.61 Å². The van der Waals surface area contributed by atoms with Crippen LogP contribution in [0.15, 0.2) is 17.1 Å². The maximum atomic E-state index is 10.8. The van der Waals surface area contributed by atoms with Crippen molar-refractivity contribution < 1.29 is 9.53 Å². The van der Waals surface area contributed by atoms with E-state index in [9.17, 15) is 4.79 Å². The molecule has 0 unspecified atom stereocenters. The molecule has 3 heteroatoms. The first kappa shape index (κ1) is 10.9. The molecule has 3 nitrogen and oxygen atoms in total. The van der Waals surface area contributed by atoms with E-state index >= 15 is 0 Å². The molecule has 0 rings (SSSR count). The van der Waals surface area contributed by atoms with Crippen LogP contribution < -0.4 is 0 Å². The van der Waals surface area contributed by atoms with Gasteiger partial charge in [-0.2, -0.15) is 0 Å². The molecule has 0 heterocycles. The van der Waals surface area contributed by atoms with Gasteiger partial charge in [0, 0.05) is 11.3 Å². The molecule has 0 aromatic carbocycles. The standard InChI is InChI=1S/C9H15NO2/c1-7(2)9(11)12-6-5-10-8(3)4/h1,5-6H2,2-4H3. The number of hydrogen-bond donors (Lipinski definition) is 0. The van der Waals surface area contributed by atoms with Gasteiger partial charge in [-0.05, 0) is 20.8 Å². The van der Waals surface area contributed by atoms with Gasteiger partial charge in [-0.1, -0.05) is 6.58 Å². The van der Waals surface area contributed by atoms with Gasteiger partial charge in [-0.3, -0.25) is 4.99 Å². The van der Waals surface area contributed by atoms with Gasteiger partial charge in [0.2, 0.25) is 0 Å². The molecule has 0 aliphatic carbocycles. The number of ether oxygens (including phenoxy) is 1. The van der Waals surface area contributed by atoms with Crippen molar-refractivity contribution in [2.45, 2.75) is 20.8 Å². The van der Waals surface area contributed by atoms with Crippen LogP contribution in [0.25, 0.3) is 0 Å². The summed E-state index contributed by atoms with van der Waals surface area (Å²) in [5.74, 6) is -0.348. The summed E-state index contributed by atoms with van der Waals surface area (Å²) in [4.78, 5) is 14.9. The van der Waals surface area contributed by atoms with E-state index in [1.807, 2.05) is 13.8 Å². The molecule has 0 radical (unpaired) electrons. The first-order chi connectivity index (χ1) is 5.54. The van der Waals surface area contributed by atoms with Crippen LogP contribution in [0.1, 0.15) is 20.8 Å². The van der Waals surface area contributed by atoms with E-state index in [-0.39, 0.29) is 5.97 Å². The van der Waals surface area contributed by atoms with Crippen molar-refractivity contribution in [3.63, 3.8) is 0 Å². The molecule has 0 saturated heterocycles. The number of nitrogens with zero attached hydrogens (tertiary/aromatic N) is 1. The summed E-state index contributed by atoms with van der Waals surface area (Å²) in [6.45, 7) is 9.75. The average Bonchev–Trinajstić information content (AvgIpc) is 1.97. The van der Waals surface area contributed by atoms with Gasteiger partial charge >= 0.3 is 5.97 Å². The largest absolute Gasteiger partial charge is 0.460 e. The van der Waals surface area contributed by atoms with E-state index in [2.05, 4.69) is 11.6 Å². The Kier molecular flexibility index (Phi) is 5.00. The van der Waals surface area contributed by atoms with Crippen LogP contribution in [0.4, 0.5) is 0 Å². The zero-order chi connectivity index (χ0) is 9.56. The maximum Gasteiger partial charge on any atom is 0.333 e. The fraction of sp³-hybridized carbons (Fsp3) is 0.556. The third-order valence-corrected chi connectivity index (χ3v) is 1.10. The second kappa shape index (κ2) is 5.52. The summed E-state index contributed by atoms with van der Waals surface area (Å²) >= 11 is 0. The lowest BCUT2D eigenvalue weighted by Crippen LogP contribution is -2.08. The molecule has 0 aromatic rings. The molecule has 0 fully saturated rings. The predicted molar refractivity (Wildman–Crippen MR) is 49.4 cm³/mol. The Morgan fingerprint density at radius 3 is 2.42 bits per heavy atom. The van der Waals surface area contributed by atoms with E-state index in [0.717, 1.165) is 5.71 Å². The first-order valence-electron chi connectivity index (χ1n) is 3.84. The SMILES string of the molecule is C=C(C)C(=O)OCCN=C(C)C. The second-order valence-electron chi connectivity index (χ2n) is 2.75. The molecule has 12 heavy (non-hydrogen) atoms. The number of aliphatic imine (C=N–C) groups is 1. The highest BCUT2D eigenvalue weighted by atomic mass is 16.5. The van der Waals surface area contributed by atoms with Gasteiger partial charge in [0.25, 0.3) is 0 Å². The minimum Gasteiger partial charge on any atom is -0.460 e. The van der Waals surface area contributed by atoms with Crippen LogP contribution >= 0.6 is 0 Å². The van der Waals surface area contributed by atoms with Gasteiger partial charge in [-0.25, -0.2) is 4.79 Å². The van der Waals surface area contributed by atoms with Crippen LogP contribution in [-0.4, -0.2) is 24.8 Å². The molecule has 0 N–H and O–H groups in total. The average molecular weight is 169 g/mol. The Balaban J connectivity index is 3.51. The Labute approximate surface area is 73.1 Å². The summed E-state index contributed by atoms with van der Waals surface area (Å²) in [5.41, 5.74) is 1.41. The van der Waals surface area contributed by atoms with Crippen LogP contribution in [-0.2, 0) is 9.53 Å². The van der Waals surface area contributed by atoms with Gasteiger partial charge in [0.05, 0.1) is 6.54 Å². The summed E-state index contributed by atoms with van der Waals surface area (Å²) in [5, 5.41) is 0. The molecular formula is C9H15NO2. The molecule has 0 atom stereocenters. The number of hydrogen-bond acceptors (Lipinski definition) is 3. The fourth-order valence-electron chi connectivity index (χ4n) is 0.531. The Morgan fingerprint density at radius 2 is 2.00 bits per heavy atom. The van der Waals surface area contributed by atoms with Gasteiger partial charge in [0.15, 0.2) is 0 Å². The lowest BCUT2D eigenvalue weighted by Gasteiger charge is -2.01. The Morgan fingerprint density at radius 1 is 1.42 bits per heavy atom. The minimum atomic E-state index is -0.348. The molecule has 0 spiro atoms. The molecule has 68 valence electrons. The molecule has 0 amide bonds. The van der Waals surface area contributed by atoms with Gasteiger partial charge in [-0.15, -0.1) is 0 Å². The molecular weight excluding hydrogens is 154 g/mol. The summed E-state index contributed by atoms with van der Waals surface area (Å²) < 4.78 is 4.81. The van der Waals surface area contributed by atoms with Crippen LogP contribution in [0, 0.1) is 0 Å². The van der Waals surface area contributed by atoms with Crippen molar-refractivity contribution in [3.8, 4) is 0 Å². The number of rotatable bonds is 4. The predicted octanol–water partition coefficient (Wildman–Crippen LogP) is 1.59. The quantitative estimate of drug-likeness (QED) is 0.277. The van der Waals surface area contributed by atoms with Crippen molar-refractivity contribution in [3.05, 3.63) is 12.2 Å². The third-order valence-electron chi connectivity index (χ3n) is 1.10. The van der Waals surface area contributed by atoms with E-state index in [1.54, 1.807) is 6.92 Å². The topological polar surface area (TPSA) is 38.7 Å². The number of esters is 1. The number of carbonyl (C=O) groups excluding carboxylic acids is 1. The fourth-order valence-corrected chi connectivity index (χ4v) is 0.531. The van der Waals surface area contributed by atoms with Crippen molar-refractivity contribution >= 4 is 11.7 Å². The Hall–Kier alpha value is -1.12. The minimum absolute atomic E-state index is 0.330. The highest BCUT2D eigenvalue weighted by molar-refractivity contribution is 5.86. The monoisotopic (exact) mass is 169 g/mol. The summed E-state index contributed by atoms with van der Waals surface area (Å²) in [6.07, 6.45) is 0.